The Hall–Kier alpha value is -1.26. The predicted octanol–water partition coefficient (Wildman–Crippen LogP) is 2.53. The Labute approximate surface area is 101 Å². The average Bonchev–Trinajstić information content (AvgIpc) is 2.77. The molecule has 1 aliphatic rings. The van der Waals surface area contributed by atoms with Crippen molar-refractivity contribution >= 4 is 0 Å². The largest absolute Gasteiger partial charge is 0.493 e. The summed E-state index contributed by atoms with van der Waals surface area (Å²) >= 11 is 0. The van der Waals surface area contributed by atoms with Gasteiger partial charge in [0, 0.05) is 5.56 Å². The zero-order chi connectivity index (χ0) is 12.3. The van der Waals surface area contributed by atoms with Crippen LogP contribution in [0.3, 0.4) is 0 Å². The Morgan fingerprint density at radius 2 is 2.18 bits per heavy atom. The molecule has 0 unspecified atom stereocenters. The Bertz CT molecular complexity index is 378. The van der Waals surface area contributed by atoms with E-state index in [1.165, 1.54) is 0 Å². The minimum Gasteiger partial charge on any atom is -0.493 e. The molecule has 1 aromatic rings. The fourth-order valence-electron chi connectivity index (χ4n) is 1.79. The normalized spacial score (nSPS) is 23.7. The van der Waals surface area contributed by atoms with Gasteiger partial charge in [-0.05, 0) is 26.0 Å². The van der Waals surface area contributed by atoms with Crippen molar-refractivity contribution in [1.82, 2.24) is 0 Å². The van der Waals surface area contributed by atoms with Crippen LogP contribution in [0.1, 0.15) is 25.7 Å². The summed E-state index contributed by atoms with van der Waals surface area (Å²) in [5, 5.41) is 0. The lowest BCUT2D eigenvalue weighted by Gasteiger charge is -2.14. The first-order valence-electron chi connectivity index (χ1n) is 5.82. The predicted molar refractivity (Wildman–Crippen MR) is 63.4 cm³/mol. The Balaban J connectivity index is 2.19. The summed E-state index contributed by atoms with van der Waals surface area (Å²) in [6, 6.07) is 5.72. The summed E-state index contributed by atoms with van der Waals surface area (Å²) in [5.41, 5.74) is 0.953. The van der Waals surface area contributed by atoms with Crippen molar-refractivity contribution in [3.05, 3.63) is 23.8 Å². The van der Waals surface area contributed by atoms with Gasteiger partial charge in [-0.25, -0.2) is 0 Å². The third-order valence-electron chi connectivity index (χ3n) is 2.60. The van der Waals surface area contributed by atoms with Crippen LogP contribution in [0.5, 0.6) is 11.5 Å². The molecule has 0 bridgehead atoms. The molecule has 1 saturated heterocycles. The highest BCUT2D eigenvalue weighted by Gasteiger charge is 2.24. The van der Waals surface area contributed by atoms with Crippen LogP contribution >= 0.6 is 0 Å². The van der Waals surface area contributed by atoms with Gasteiger partial charge < -0.3 is 18.9 Å². The maximum absolute atomic E-state index is 5.63. The van der Waals surface area contributed by atoms with E-state index in [4.69, 9.17) is 18.9 Å². The second-order valence-corrected chi connectivity index (χ2v) is 3.96. The average molecular weight is 238 g/mol. The second kappa shape index (κ2) is 5.38. The molecular formula is C13H18O4. The lowest BCUT2D eigenvalue weighted by atomic mass is 10.2. The highest BCUT2D eigenvalue weighted by atomic mass is 16.7. The van der Waals surface area contributed by atoms with Crippen molar-refractivity contribution in [3.8, 4) is 11.5 Å². The maximum Gasteiger partial charge on any atom is 0.184 e. The molecule has 94 valence electrons. The van der Waals surface area contributed by atoms with Crippen LogP contribution in [-0.2, 0) is 9.47 Å². The summed E-state index contributed by atoms with van der Waals surface area (Å²) in [4.78, 5) is 0. The van der Waals surface area contributed by atoms with Crippen LogP contribution in [-0.4, -0.2) is 26.4 Å². The van der Waals surface area contributed by atoms with Crippen LogP contribution in [0, 0.1) is 0 Å². The fourth-order valence-corrected chi connectivity index (χ4v) is 1.79. The minimum absolute atomic E-state index is 0.137. The first kappa shape index (κ1) is 12.2. The molecule has 1 aliphatic heterocycles. The maximum atomic E-state index is 5.63. The number of benzene rings is 1. The summed E-state index contributed by atoms with van der Waals surface area (Å²) in [6.07, 6.45) is -0.160. The van der Waals surface area contributed by atoms with Crippen molar-refractivity contribution in [3.63, 3.8) is 0 Å². The van der Waals surface area contributed by atoms with Gasteiger partial charge in [0.05, 0.1) is 26.4 Å². The van der Waals surface area contributed by atoms with Gasteiger partial charge in [-0.1, -0.05) is 6.07 Å². The lowest BCUT2D eigenvalue weighted by Crippen LogP contribution is -2.03. The molecule has 4 nitrogen and oxygen atoms in total. The Morgan fingerprint density at radius 3 is 2.76 bits per heavy atom. The van der Waals surface area contributed by atoms with Gasteiger partial charge >= 0.3 is 0 Å². The molecule has 0 saturated carbocycles. The highest BCUT2D eigenvalue weighted by Crippen LogP contribution is 2.34. The molecule has 0 amide bonds. The quantitative estimate of drug-likeness (QED) is 0.807. The molecule has 0 N–H and O–H groups in total. The van der Waals surface area contributed by atoms with Gasteiger partial charge in [-0.2, -0.15) is 0 Å². The molecule has 1 fully saturated rings. The van der Waals surface area contributed by atoms with E-state index in [1.807, 2.05) is 32.0 Å². The van der Waals surface area contributed by atoms with Crippen molar-refractivity contribution in [1.29, 1.82) is 0 Å². The van der Waals surface area contributed by atoms with Crippen LogP contribution in [0.15, 0.2) is 18.2 Å². The molecule has 2 atom stereocenters. The Morgan fingerprint density at radius 1 is 1.35 bits per heavy atom. The van der Waals surface area contributed by atoms with Crippen molar-refractivity contribution < 1.29 is 18.9 Å². The smallest absolute Gasteiger partial charge is 0.184 e. The zero-order valence-electron chi connectivity index (χ0n) is 10.4. The van der Waals surface area contributed by atoms with E-state index >= 15 is 0 Å². The summed E-state index contributed by atoms with van der Waals surface area (Å²) in [7, 11) is 1.63. The zero-order valence-corrected chi connectivity index (χ0v) is 10.4. The number of hydrogen-bond acceptors (Lipinski definition) is 4. The number of ether oxygens (including phenoxy) is 4. The SMILES string of the molecule is CCOc1ccc([C@H]2OC[C@H](C)O2)cc1OC. The standard InChI is InChI=1S/C13H18O4/c1-4-15-11-6-5-10(7-12(11)14-3)13-16-8-9(2)17-13/h5-7,9,13H,4,8H2,1-3H3/t9-,13-/m0/s1. The van der Waals surface area contributed by atoms with Crippen molar-refractivity contribution in [2.45, 2.75) is 26.2 Å². The van der Waals surface area contributed by atoms with Gasteiger partial charge in [0.1, 0.15) is 0 Å². The summed E-state index contributed by atoms with van der Waals surface area (Å²) in [6.45, 7) is 5.17. The van der Waals surface area contributed by atoms with Crippen LogP contribution in [0.25, 0.3) is 0 Å². The van der Waals surface area contributed by atoms with Gasteiger partial charge in [0.25, 0.3) is 0 Å². The summed E-state index contributed by atoms with van der Waals surface area (Å²) < 4.78 is 21.9. The topological polar surface area (TPSA) is 36.9 Å². The monoisotopic (exact) mass is 238 g/mol. The van der Waals surface area contributed by atoms with Gasteiger partial charge in [-0.3, -0.25) is 0 Å². The van der Waals surface area contributed by atoms with E-state index in [0.717, 1.165) is 11.3 Å². The van der Waals surface area contributed by atoms with E-state index in [9.17, 15) is 0 Å². The molecular weight excluding hydrogens is 220 g/mol. The van der Waals surface area contributed by atoms with Gasteiger partial charge in [-0.15, -0.1) is 0 Å². The third-order valence-corrected chi connectivity index (χ3v) is 2.60. The van der Waals surface area contributed by atoms with E-state index in [2.05, 4.69) is 0 Å². The van der Waals surface area contributed by atoms with E-state index in [-0.39, 0.29) is 12.4 Å². The molecule has 2 rings (SSSR count). The van der Waals surface area contributed by atoms with Crippen LogP contribution < -0.4 is 9.47 Å². The van der Waals surface area contributed by atoms with Crippen molar-refractivity contribution in [2.75, 3.05) is 20.3 Å². The molecule has 4 heteroatoms. The van der Waals surface area contributed by atoms with Crippen LogP contribution in [0.4, 0.5) is 0 Å². The third kappa shape index (κ3) is 2.70. The van der Waals surface area contributed by atoms with Crippen molar-refractivity contribution in [2.24, 2.45) is 0 Å². The minimum atomic E-state index is -0.297. The molecule has 0 radical (unpaired) electrons. The molecule has 0 spiro atoms. The fraction of sp³-hybridized carbons (Fsp3) is 0.538. The van der Waals surface area contributed by atoms with E-state index < -0.39 is 0 Å². The first-order valence-corrected chi connectivity index (χ1v) is 5.82. The first-order chi connectivity index (χ1) is 8.24. The van der Waals surface area contributed by atoms with Gasteiger partial charge in [0.2, 0.25) is 0 Å². The molecule has 0 aliphatic carbocycles. The van der Waals surface area contributed by atoms with Crippen LogP contribution in [0.2, 0.25) is 0 Å². The highest BCUT2D eigenvalue weighted by molar-refractivity contribution is 5.43. The molecule has 1 heterocycles. The molecule has 1 aromatic carbocycles. The number of rotatable bonds is 4. The lowest BCUT2D eigenvalue weighted by molar-refractivity contribution is -0.0573. The molecule has 17 heavy (non-hydrogen) atoms. The number of methoxy groups -OCH3 is 1. The second-order valence-electron chi connectivity index (χ2n) is 3.96. The summed E-state index contributed by atoms with van der Waals surface area (Å²) in [5.74, 6) is 1.45. The Kier molecular flexibility index (Phi) is 3.86. The molecule has 0 aromatic heterocycles. The van der Waals surface area contributed by atoms with E-state index in [1.54, 1.807) is 7.11 Å². The van der Waals surface area contributed by atoms with Gasteiger partial charge in [0.15, 0.2) is 17.8 Å². The van der Waals surface area contributed by atoms with E-state index in [0.29, 0.717) is 19.0 Å². The number of hydrogen-bond donors (Lipinski definition) is 0.